The second kappa shape index (κ2) is 13.8. The maximum absolute atomic E-state index is 14.3. The van der Waals surface area contributed by atoms with Crippen LogP contribution < -0.4 is 14.4 Å². The molecule has 0 saturated heterocycles. The van der Waals surface area contributed by atoms with E-state index < -0.39 is 28.5 Å². The Morgan fingerprint density at radius 3 is 2.10 bits per heavy atom. The minimum Gasteiger partial charge on any atom is -0.497 e. The fourth-order valence-electron chi connectivity index (χ4n) is 4.62. The van der Waals surface area contributed by atoms with Crippen molar-refractivity contribution >= 4 is 27.5 Å². The molecule has 42 heavy (non-hydrogen) atoms. The summed E-state index contributed by atoms with van der Waals surface area (Å²) < 4.78 is 34.4. The molecule has 1 atom stereocenters. The van der Waals surface area contributed by atoms with Crippen molar-refractivity contribution in [2.45, 2.75) is 30.8 Å². The summed E-state index contributed by atoms with van der Waals surface area (Å²) in [6.45, 7) is 1.55. The third kappa shape index (κ3) is 7.36. The maximum Gasteiger partial charge on any atom is 0.264 e. The average Bonchev–Trinajstić information content (AvgIpc) is 3.02. The van der Waals surface area contributed by atoms with Crippen LogP contribution in [-0.2, 0) is 32.6 Å². The lowest BCUT2D eigenvalue weighted by atomic mass is 10.0. The number of anilines is 1. The molecular weight excluding hydrogens is 550 g/mol. The summed E-state index contributed by atoms with van der Waals surface area (Å²) in [7, 11) is -1.15. The van der Waals surface area contributed by atoms with Crippen LogP contribution >= 0.6 is 0 Å². The zero-order chi connectivity index (χ0) is 30.1. The van der Waals surface area contributed by atoms with E-state index in [9.17, 15) is 18.0 Å². The Hall–Kier alpha value is -4.63. The molecule has 4 aromatic rings. The van der Waals surface area contributed by atoms with Gasteiger partial charge in [0.05, 0.1) is 17.7 Å². The number of sulfonamides is 1. The van der Waals surface area contributed by atoms with Gasteiger partial charge in [0.15, 0.2) is 0 Å². The van der Waals surface area contributed by atoms with Crippen LogP contribution in [0, 0.1) is 6.92 Å². The Balaban J connectivity index is 1.79. The van der Waals surface area contributed by atoms with Crippen molar-refractivity contribution in [3.05, 3.63) is 126 Å². The van der Waals surface area contributed by atoms with E-state index in [0.717, 1.165) is 21.0 Å². The molecule has 2 amide bonds. The minimum absolute atomic E-state index is 0.0397. The molecule has 8 nitrogen and oxygen atoms in total. The highest BCUT2D eigenvalue weighted by molar-refractivity contribution is 7.92. The molecule has 0 aliphatic rings. The Labute approximate surface area is 247 Å². The molecule has 0 unspecified atom stereocenters. The van der Waals surface area contributed by atoms with Crippen LogP contribution in [-0.4, -0.2) is 51.9 Å². The summed E-state index contributed by atoms with van der Waals surface area (Å²) >= 11 is 0. The molecule has 0 radical (unpaired) electrons. The van der Waals surface area contributed by atoms with Gasteiger partial charge in [0.25, 0.3) is 10.0 Å². The topological polar surface area (TPSA) is 96.0 Å². The largest absolute Gasteiger partial charge is 0.497 e. The number of nitrogens with zero attached hydrogens (tertiary/aromatic N) is 2. The number of ether oxygens (including phenoxy) is 1. The Morgan fingerprint density at radius 2 is 1.48 bits per heavy atom. The number of likely N-dealkylation sites (N-methyl/N-ethyl adjacent to an activating group) is 1. The highest BCUT2D eigenvalue weighted by Crippen LogP contribution is 2.28. The van der Waals surface area contributed by atoms with Gasteiger partial charge in [-0.15, -0.1) is 0 Å². The highest BCUT2D eigenvalue weighted by Gasteiger charge is 2.34. The quantitative estimate of drug-likeness (QED) is 0.263. The zero-order valence-corrected chi connectivity index (χ0v) is 24.8. The Morgan fingerprint density at radius 1 is 0.833 bits per heavy atom. The van der Waals surface area contributed by atoms with Crippen molar-refractivity contribution in [3.63, 3.8) is 0 Å². The van der Waals surface area contributed by atoms with E-state index in [1.807, 2.05) is 61.5 Å². The lowest BCUT2D eigenvalue weighted by Crippen LogP contribution is -2.53. The standard InChI is InChI=1S/C33H35N3O5S/c1-25-17-19-27(20-18-25)23-35(31(33(38)34-2)21-26-11-6-4-7-12-26)32(37)24-36(28-13-10-14-29(22-28)41-3)42(39,40)30-15-8-5-9-16-30/h4-20,22,31H,21,23-24H2,1-3H3,(H,34,38)/t31-/m1/s1. The van der Waals surface area contributed by atoms with Gasteiger partial charge >= 0.3 is 0 Å². The first-order valence-electron chi connectivity index (χ1n) is 13.6. The van der Waals surface area contributed by atoms with Crippen LogP contribution in [0.1, 0.15) is 16.7 Å². The van der Waals surface area contributed by atoms with Crippen molar-refractivity contribution in [1.29, 1.82) is 0 Å². The Kier molecular flexibility index (Phi) is 9.98. The second-order valence-electron chi connectivity index (χ2n) is 9.85. The van der Waals surface area contributed by atoms with Gasteiger partial charge < -0.3 is 15.0 Å². The van der Waals surface area contributed by atoms with Crippen molar-refractivity contribution in [1.82, 2.24) is 10.2 Å². The van der Waals surface area contributed by atoms with E-state index in [4.69, 9.17) is 4.74 Å². The van der Waals surface area contributed by atoms with Gasteiger partial charge in [-0.25, -0.2) is 8.42 Å². The molecule has 0 saturated carbocycles. The first kappa shape index (κ1) is 30.3. The number of hydrogen-bond acceptors (Lipinski definition) is 5. The molecule has 0 aromatic heterocycles. The summed E-state index contributed by atoms with van der Waals surface area (Å²) in [5, 5.41) is 2.69. The molecule has 4 aromatic carbocycles. The van der Waals surface area contributed by atoms with Gasteiger partial charge in [0, 0.05) is 26.1 Å². The fourth-order valence-corrected chi connectivity index (χ4v) is 6.05. The predicted molar refractivity (Wildman–Crippen MR) is 164 cm³/mol. The van der Waals surface area contributed by atoms with Crippen LogP contribution in [0.5, 0.6) is 5.75 Å². The first-order chi connectivity index (χ1) is 20.2. The normalized spacial score (nSPS) is 11.8. The number of carbonyl (C=O) groups is 2. The molecule has 1 N–H and O–H groups in total. The molecule has 0 aliphatic carbocycles. The zero-order valence-electron chi connectivity index (χ0n) is 23.9. The monoisotopic (exact) mass is 585 g/mol. The van der Waals surface area contributed by atoms with E-state index in [0.29, 0.717) is 5.75 Å². The minimum atomic E-state index is -4.17. The molecule has 0 bridgehead atoms. The number of hydrogen-bond donors (Lipinski definition) is 1. The first-order valence-corrected chi connectivity index (χ1v) is 15.0. The van der Waals surface area contributed by atoms with Crippen LogP contribution in [0.3, 0.4) is 0 Å². The van der Waals surface area contributed by atoms with Gasteiger partial charge in [-0.05, 0) is 42.3 Å². The lowest BCUT2D eigenvalue weighted by molar-refractivity contribution is -0.139. The molecule has 4 rings (SSSR count). The van der Waals surface area contributed by atoms with Crippen LogP contribution in [0.15, 0.2) is 114 Å². The number of aryl methyl sites for hydroxylation is 1. The molecule has 0 fully saturated rings. The smallest absolute Gasteiger partial charge is 0.264 e. The number of nitrogens with one attached hydrogen (secondary N) is 1. The molecule has 0 spiro atoms. The van der Waals surface area contributed by atoms with Crippen molar-refractivity contribution in [2.24, 2.45) is 0 Å². The summed E-state index contributed by atoms with van der Waals surface area (Å²) in [5.41, 5.74) is 3.01. The van der Waals surface area contributed by atoms with Gasteiger partial charge in [0.2, 0.25) is 11.8 Å². The number of methoxy groups -OCH3 is 1. The van der Waals surface area contributed by atoms with Gasteiger partial charge in [-0.2, -0.15) is 0 Å². The third-order valence-electron chi connectivity index (χ3n) is 6.94. The van der Waals surface area contributed by atoms with Crippen LogP contribution in [0.2, 0.25) is 0 Å². The molecule has 0 aliphatic heterocycles. The van der Waals surface area contributed by atoms with E-state index in [2.05, 4.69) is 5.32 Å². The molecule has 0 heterocycles. The van der Waals surface area contributed by atoms with Crippen molar-refractivity contribution in [3.8, 4) is 5.75 Å². The summed E-state index contributed by atoms with van der Waals surface area (Å²) in [5.74, 6) is -0.433. The molecular formula is C33H35N3O5S. The molecule has 218 valence electrons. The number of carbonyl (C=O) groups excluding carboxylic acids is 2. The number of amides is 2. The highest BCUT2D eigenvalue weighted by atomic mass is 32.2. The van der Waals surface area contributed by atoms with Gasteiger partial charge in [-0.1, -0.05) is 84.4 Å². The summed E-state index contributed by atoms with van der Waals surface area (Å²) in [6.07, 6.45) is 0.253. The van der Waals surface area contributed by atoms with Gasteiger partial charge in [0.1, 0.15) is 18.3 Å². The van der Waals surface area contributed by atoms with Gasteiger partial charge in [-0.3, -0.25) is 13.9 Å². The maximum atomic E-state index is 14.3. The van der Waals surface area contributed by atoms with E-state index in [1.54, 1.807) is 42.5 Å². The summed E-state index contributed by atoms with van der Waals surface area (Å²) in [6, 6.07) is 30.7. The van der Waals surface area contributed by atoms with E-state index in [1.165, 1.54) is 31.2 Å². The third-order valence-corrected chi connectivity index (χ3v) is 8.73. The van der Waals surface area contributed by atoms with Crippen LogP contribution in [0.25, 0.3) is 0 Å². The van der Waals surface area contributed by atoms with E-state index in [-0.39, 0.29) is 29.5 Å². The predicted octanol–water partition coefficient (Wildman–Crippen LogP) is 4.59. The molecule has 9 heteroatoms. The van der Waals surface area contributed by atoms with E-state index >= 15 is 0 Å². The van der Waals surface area contributed by atoms with Crippen molar-refractivity contribution < 1.29 is 22.7 Å². The fraction of sp³-hybridized carbons (Fsp3) is 0.212. The SMILES string of the molecule is CNC(=O)[C@@H](Cc1ccccc1)N(Cc1ccc(C)cc1)C(=O)CN(c1cccc(OC)c1)S(=O)(=O)c1ccccc1. The summed E-state index contributed by atoms with van der Waals surface area (Å²) in [4.78, 5) is 29.1. The Bertz CT molecular complexity index is 1590. The van der Waals surface area contributed by atoms with Crippen LogP contribution in [0.4, 0.5) is 5.69 Å². The lowest BCUT2D eigenvalue weighted by Gasteiger charge is -2.33. The average molecular weight is 586 g/mol. The second-order valence-corrected chi connectivity index (χ2v) is 11.7. The van der Waals surface area contributed by atoms with Crippen molar-refractivity contribution in [2.75, 3.05) is 25.0 Å². The number of rotatable bonds is 12. The number of benzene rings is 4.